The molecule has 4 aromatic rings. The van der Waals surface area contributed by atoms with Crippen molar-refractivity contribution in [3.8, 4) is 28.5 Å². The molecule has 9 heteroatoms. The van der Waals surface area contributed by atoms with Crippen molar-refractivity contribution in [1.29, 1.82) is 0 Å². The average molecular weight is 467 g/mol. The van der Waals surface area contributed by atoms with Crippen LogP contribution >= 0.6 is 11.8 Å². The standard InChI is InChI=1S/C24H23FN4O3S/c1-30-19-10-6-17(7-11-19)23-27-28-24(29(23)14-20-3-2-12-31-20)33-15-22-26-13-21(32-22)16-4-8-18(25)9-5-16/h4-11,13,20H,2-3,12,14-15H2,1H3. The predicted octanol–water partition coefficient (Wildman–Crippen LogP) is 5.22. The minimum Gasteiger partial charge on any atom is -0.497 e. The molecule has 7 nitrogen and oxygen atoms in total. The van der Waals surface area contributed by atoms with E-state index >= 15 is 0 Å². The van der Waals surface area contributed by atoms with Gasteiger partial charge in [0.25, 0.3) is 0 Å². The summed E-state index contributed by atoms with van der Waals surface area (Å²) in [7, 11) is 1.65. The van der Waals surface area contributed by atoms with E-state index in [1.165, 1.54) is 23.9 Å². The Hall–Kier alpha value is -3.17. The van der Waals surface area contributed by atoms with Gasteiger partial charge in [0.05, 0.1) is 31.7 Å². The lowest BCUT2D eigenvalue weighted by atomic mass is 10.2. The molecule has 0 N–H and O–H groups in total. The molecular weight excluding hydrogens is 443 g/mol. The summed E-state index contributed by atoms with van der Waals surface area (Å²) in [5, 5.41) is 9.69. The summed E-state index contributed by atoms with van der Waals surface area (Å²) < 4.78 is 32.3. The first-order valence-corrected chi connectivity index (χ1v) is 11.7. The Kier molecular flexibility index (Phi) is 6.41. The van der Waals surface area contributed by atoms with Crippen LogP contribution in [0.1, 0.15) is 18.7 Å². The van der Waals surface area contributed by atoms with E-state index in [0.29, 0.717) is 23.9 Å². The third kappa shape index (κ3) is 4.94. The van der Waals surface area contributed by atoms with E-state index in [1.54, 1.807) is 25.4 Å². The van der Waals surface area contributed by atoms with Gasteiger partial charge in [-0.25, -0.2) is 9.37 Å². The van der Waals surface area contributed by atoms with Crippen LogP contribution in [-0.2, 0) is 17.0 Å². The van der Waals surface area contributed by atoms with Gasteiger partial charge < -0.3 is 13.9 Å². The lowest BCUT2D eigenvalue weighted by Gasteiger charge is -2.14. The van der Waals surface area contributed by atoms with Crippen LogP contribution in [0, 0.1) is 5.82 Å². The molecule has 1 aliphatic heterocycles. The molecule has 2 aromatic heterocycles. The maximum Gasteiger partial charge on any atom is 0.205 e. The summed E-state index contributed by atoms with van der Waals surface area (Å²) >= 11 is 1.51. The van der Waals surface area contributed by atoms with Gasteiger partial charge in [-0.15, -0.1) is 10.2 Å². The highest BCUT2D eigenvalue weighted by atomic mass is 32.2. The monoisotopic (exact) mass is 466 g/mol. The number of aromatic nitrogens is 4. The first-order valence-electron chi connectivity index (χ1n) is 10.7. The van der Waals surface area contributed by atoms with Gasteiger partial charge in [-0.05, 0) is 61.4 Å². The van der Waals surface area contributed by atoms with Crippen molar-refractivity contribution in [3.05, 3.63) is 66.4 Å². The number of methoxy groups -OCH3 is 1. The second-order valence-corrected chi connectivity index (χ2v) is 8.64. The van der Waals surface area contributed by atoms with E-state index in [1.807, 2.05) is 24.3 Å². The molecule has 0 spiro atoms. The number of ether oxygens (including phenoxy) is 2. The highest BCUT2D eigenvalue weighted by molar-refractivity contribution is 7.98. The van der Waals surface area contributed by atoms with Crippen LogP contribution < -0.4 is 4.74 Å². The molecule has 1 saturated heterocycles. The molecule has 3 heterocycles. The topological polar surface area (TPSA) is 75.2 Å². The molecule has 0 bridgehead atoms. The highest BCUT2D eigenvalue weighted by Crippen LogP contribution is 2.30. The summed E-state index contributed by atoms with van der Waals surface area (Å²) in [5.74, 6) is 2.96. The largest absolute Gasteiger partial charge is 0.497 e. The van der Waals surface area contributed by atoms with Crippen LogP contribution in [-0.4, -0.2) is 39.6 Å². The molecule has 0 radical (unpaired) electrons. The quantitative estimate of drug-likeness (QED) is 0.330. The van der Waals surface area contributed by atoms with E-state index < -0.39 is 0 Å². The van der Waals surface area contributed by atoms with Gasteiger partial charge in [0.2, 0.25) is 5.89 Å². The third-order valence-corrected chi connectivity index (χ3v) is 6.43. The molecule has 1 atom stereocenters. The molecule has 33 heavy (non-hydrogen) atoms. The minimum atomic E-state index is -0.285. The number of hydrogen-bond acceptors (Lipinski definition) is 7. The van der Waals surface area contributed by atoms with E-state index in [9.17, 15) is 4.39 Å². The zero-order chi connectivity index (χ0) is 22.6. The fraction of sp³-hybridized carbons (Fsp3) is 0.292. The molecule has 0 amide bonds. The Morgan fingerprint density at radius 2 is 1.88 bits per heavy atom. The second kappa shape index (κ2) is 9.76. The molecule has 0 saturated carbocycles. The number of halogens is 1. The van der Waals surface area contributed by atoms with Crippen LogP contribution in [0.25, 0.3) is 22.7 Å². The van der Waals surface area contributed by atoms with Gasteiger partial charge in [0.1, 0.15) is 11.6 Å². The van der Waals surface area contributed by atoms with Gasteiger partial charge in [-0.1, -0.05) is 11.8 Å². The number of benzene rings is 2. The van der Waals surface area contributed by atoms with Gasteiger partial charge in [0, 0.05) is 17.7 Å². The van der Waals surface area contributed by atoms with Gasteiger partial charge in [0.15, 0.2) is 16.7 Å². The van der Waals surface area contributed by atoms with E-state index in [4.69, 9.17) is 13.9 Å². The van der Waals surface area contributed by atoms with Crippen molar-refractivity contribution in [2.45, 2.75) is 36.4 Å². The fourth-order valence-corrected chi connectivity index (χ4v) is 4.56. The summed E-state index contributed by atoms with van der Waals surface area (Å²) in [5.41, 5.74) is 1.74. The fourth-order valence-electron chi connectivity index (χ4n) is 3.76. The lowest BCUT2D eigenvalue weighted by Crippen LogP contribution is -2.16. The Balaban J connectivity index is 1.36. The van der Waals surface area contributed by atoms with Crippen molar-refractivity contribution in [2.75, 3.05) is 13.7 Å². The Morgan fingerprint density at radius 1 is 1.09 bits per heavy atom. The molecule has 2 aromatic carbocycles. The zero-order valence-corrected chi connectivity index (χ0v) is 18.9. The Bertz CT molecular complexity index is 1200. The van der Waals surface area contributed by atoms with E-state index in [0.717, 1.165) is 47.3 Å². The first-order chi connectivity index (χ1) is 16.2. The number of nitrogens with zero attached hydrogens (tertiary/aromatic N) is 4. The molecule has 170 valence electrons. The van der Waals surface area contributed by atoms with Gasteiger partial charge in [-0.2, -0.15) is 0 Å². The van der Waals surface area contributed by atoms with Crippen LogP contribution in [0.4, 0.5) is 4.39 Å². The molecule has 0 aliphatic carbocycles. The van der Waals surface area contributed by atoms with Gasteiger partial charge >= 0.3 is 0 Å². The Morgan fingerprint density at radius 3 is 2.61 bits per heavy atom. The van der Waals surface area contributed by atoms with Gasteiger partial charge in [-0.3, -0.25) is 4.57 Å². The normalized spacial score (nSPS) is 15.8. The van der Waals surface area contributed by atoms with Crippen LogP contribution in [0.15, 0.2) is 64.3 Å². The summed E-state index contributed by atoms with van der Waals surface area (Å²) in [6.07, 6.45) is 3.88. The maximum absolute atomic E-state index is 13.2. The highest BCUT2D eigenvalue weighted by Gasteiger charge is 2.22. The molecule has 1 aliphatic rings. The van der Waals surface area contributed by atoms with E-state index in [2.05, 4.69) is 19.7 Å². The van der Waals surface area contributed by atoms with Crippen molar-refractivity contribution < 1.29 is 18.3 Å². The van der Waals surface area contributed by atoms with Crippen LogP contribution in [0.5, 0.6) is 5.75 Å². The third-order valence-electron chi connectivity index (χ3n) is 5.48. The molecule has 1 fully saturated rings. The SMILES string of the molecule is COc1ccc(-c2nnc(SCc3ncc(-c4ccc(F)cc4)o3)n2CC2CCCO2)cc1. The summed E-state index contributed by atoms with van der Waals surface area (Å²) in [6.45, 7) is 1.47. The lowest BCUT2D eigenvalue weighted by molar-refractivity contribution is 0.0953. The second-order valence-electron chi connectivity index (χ2n) is 7.69. The maximum atomic E-state index is 13.2. The molecule has 5 rings (SSSR count). The van der Waals surface area contributed by atoms with Crippen molar-refractivity contribution >= 4 is 11.8 Å². The van der Waals surface area contributed by atoms with E-state index in [-0.39, 0.29) is 11.9 Å². The summed E-state index contributed by atoms with van der Waals surface area (Å²) in [4.78, 5) is 4.37. The zero-order valence-electron chi connectivity index (χ0n) is 18.1. The van der Waals surface area contributed by atoms with Crippen LogP contribution in [0.3, 0.4) is 0 Å². The average Bonchev–Trinajstić information content (AvgIpc) is 3.61. The summed E-state index contributed by atoms with van der Waals surface area (Å²) in [6, 6.07) is 13.9. The Labute approximate surface area is 195 Å². The van der Waals surface area contributed by atoms with Crippen molar-refractivity contribution in [3.63, 3.8) is 0 Å². The number of hydrogen-bond donors (Lipinski definition) is 0. The first kappa shape index (κ1) is 21.7. The molecule has 1 unspecified atom stereocenters. The molecular formula is C24H23FN4O3S. The van der Waals surface area contributed by atoms with Crippen molar-refractivity contribution in [1.82, 2.24) is 19.7 Å². The predicted molar refractivity (Wildman–Crippen MR) is 122 cm³/mol. The van der Waals surface area contributed by atoms with Crippen molar-refractivity contribution in [2.24, 2.45) is 0 Å². The number of thioether (sulfide) groups is 1. The van der Waals surface area contributed by atoms with Crippen LogP contribution in [0.2, 0.25) is 0 Å². The number of oxazole rings is 1. The number of rotatable bonds is 8. The minimum absolute atomic E-state index is 0.143. The smallest absolute Gasteiger partial charge is 0.205 e.